The van der Waals surface area contributed by atoms with Crippen LogP contribution in [-0.4, -0.2) is 47.9 Å². The maximum Gasteiger partial charge on any atom is 0.311 e. The number of ether oxygens (including phenoxy) is 2. The SMILES string of the molecule is CCCNC(=O)C(Cc1ccccc1)N(Cc1ccccc1F)C(=O)COc1ccc([N+](=O)[O-])c(OC)c1. The number of rotatable bonds is 13. The molecule has 10 heteroatoms. The molecule has 1 unspecified atom stereocenters. The van der Waals surface area contributed by atoms with Crippen LogP contribution in [0.5, 0.6) is 11.5 Å². The molecule has 3 rings (SSSR count). The topological polar surface area (TPSA) is 111 Å². The number of nitrogens with zero attached hydrogens (tertiary/aromatic N) is 2. The van der Waals surface area contributed by atoms with Crippen molar-refractivity contribution in [3.05, 3.63) is 99.9 Å². The average Bonchev–Trinajstić information content (AvgIpc) is 2.93. The number of carbonyl (C=O) groups is 2. The van der Waals surface area contributed by atoms with E-state index in [1.807, 2.05) is 37.3 Å². The smallest absolute Gasteiger partial charge is 0.311 e. The lowest BCUT2D eigenvalue weighted by molar-refractivity contribution is -0.385. The van der Waals surface area contributed by atoms with E-state index in [1.54, 1.807) is 18.2 Å². The van der Waals surface area contributed by atoms with Gasteiger partial charge in [0.25, 0.3) is 5.91 Å². The van der Waals surface area contributed by atoms with Gasteiger partial charge in [0.05, 0.1) is 12.0 Å². The quantitative estimate of drug-likeness (QED) is 0.264. The molecule has 200 valence electrons. The lowest BCUT2D eigenvalue weighted by Crippen LogP contribution is -2.51. The van der Waals surface area contributed by atoms with Gasteiger partial charge in [-0.05, 0) is 24.1 Å². The normalized spacial score (nSPS) is 11.3. The summed E-state index contributed by atoms with van der Waals surface area (Å²) in [4.78, 5) is 38.7. The van der Waals surface area contributed by atoms with Crippen LogP contribution in [0.15, 0.2) is 72.8 Å². The van der Waals surface area contributed by atoms with E-state index in [0.29, 0.717) is 13.0 Å². The van der Waals surface area contributed by atoms with Gasteiger partial charge in [0, 0.05) is 37.2 Å². The number of halogens is 1. The number of carbonyl (C=O) groups excluding carboxylic acids is 2. The van der Waals surface area contributed by atoms with Crippen LogP contribution in [-0.2, 0) is 22.6 Å². The highest BCUT2D eigenvalue weighted by molar-refractivity contribution is 5.88. The number of hydrogen-bond acceptors (Lipinski definition) is 6. The van der Waals surface area contributed by atoms with Crippen LogP contribution in [0.1, 0.15) is 24.5 Å². The van der Waals surface area contributed by atoms with Gasteiger partial charge in [0.2, 0.25) is 11.7 Å². The van der Waals surface area contributed by atoms with Crippen LogP contribution < -0.4 is 14.8 Å². The summed E-state index contributed by atoms with van der Waals surface area (Å²) in [6.07, 6.45) is 0.915. The van der Waals surface area contributed by atoms with Gasteiger partial charge >= 0.3 is 5.69 Å². The van der Waals surface area contributed by atoms with Gasteiger partial charge in [-0.2, -0.15) is 0 Å². The monoisotopic (exact) mass is 523 g/mol. The van der Waals surface area contributed by atoms with E-state index in [-0.39, 0.29) is 41.6 Å². The van der Waals surface area contributed by atoms with Crippen molar-refractivity contribution in [2.75, 3.05) is 20.3 Å². The van der Waals surface area contributed by atoms with E-state index >= 15 is 0 Å². The number of amides is 2. The largest absolute Gasteiger partial charge is 0.490 e. The molecule has 0 saturated carbocycles. The summed E-state index contributed by atoms with van der Waals surface area (Å²) < 4.78 is 25.3. The molecule has 0 aliphatic carbocycles. The van der Waals surface area contributed by atoms with Crippen molar-refractivity contribution in [2.24, 2.45) is 0 Å². The maximum absolute atomic E-state index is 14.6. The Bertz CT molecular complexity index is 1250. The van der Waals surface area contributed by atoms with Crippen LogP contribution in [0.25, 0.3) is 0 Å². The van der Waals surface area contributed by atoms with E-state index in [0.717, 1.165) is 5.56 Å². The molecule has 9 nitrogen and oxygen atoms in total. The third-order valence-electron chi connectivity index (χ3n) is 5.83. The maximum atomic E-state index is 14.6. The second-order valence-corrected chi connectivity index (χ2v) is 8.49. The van der Waals surface area contributed by atoms with Crippen LogP contribution in [0.4, 0.5) is 10.1 Å². The molecule has 1 atom stereocenters. The Kier molecular flexibility index (Phi) is 10.2. The van der Waals surface area contributed by atoms with Crippen LogP contribution in [0.2, 0.25) is 0 Å². The van der Waals surface area contributed by atoms with E-state index < -0.39 is 29.3 Å². The molecular weight excluding hydrogens is 493 g/mol. The first-order valence-corrected chi connectivity index (χ1v) is 12.1. The molecule has 0 radical (unpaired) electrons. The number of hydrogen-bond donors (Lipinski definition) is 1. The fourth-order valence-electron chi connectivity index (χ4n) is 3.86. The Hall–Kier alpha value is -4.47. The zero-order valence-electron chi connectivity index (χ0n) is 21.3. The molecule has 0 fully saturated rings. The van der Waals surface area contributed by atoms with E-state index in [4.69, 9.17) is 9.47 Å². The lowest BCUT2D eigenvalue weighted by Gasteiger charge is -2.31. The molecule has 0 saturated heterocycles. The summed E-state index contributed by atoms with van der Waals surface area (Å²) in [7, 11) is 1.29. The van der Waals surface area contributed by atoms with E-state index in [2.05, 4.69) is 5.32 Å². The summed E-state index contributed by atoms with van der Waals surface area (Å²) >= 11 is 0. The van der Waals surface area contributed by atoms with Gasteiger partial charge in [0.15, 0.2) is 6.61 Å². The molecule has 0 aliphatic heterocycles. The molecular formula is C28H30FN3O6. The average molecular weight is 524 g/mol. The summed E-state index contributed by atoms with van der Waals surface area (Å²) in [6.45, 7) is 1.70. The second-order valence-electron chi connectivity index (χ2n) is 8.49. The molecule has 1 N–H and O–H groups in total. The van der Waals surface area contributed by atoms with Gasteiger partial charge in [-0.25, -0.2) is 4.39 Å². The zero-order chi connectivity index (χ0) is 27.5. The van der Waals surface area contributed by atoms with E-state index in [1.165, 1.54) is 36.3 Å². The number of nitro groups is 1. The molecule has 0 aliphatic rings. The number of methoxy groups -OCH3 is 1. The van der Waals surface area contributed by atoms with Crippen molar-refractivity contribution in [3.8, 4) is 11.5 Å². The molecule has 0 aromatic heterocycles. The molecule has 0 bridgehead atoms. The third kappa shape index (κ3) is 7.52. The Balaban J connectivity index is 1.91. The fourth-order valence-corrected chi connectivity index (χ4v) is 3.86. The van der Waals surface area contributed by atoms with Gasteiger partial charge in [-0.15, -0.1) is 0 Å². The van der Waals surface area contributed by atoms with Gasteiger partial charge < -0.3 is 19.7 Å². The first kappa shape index (κ1) is 28.1. The van der Waals surface area contributed by atoms with Crippen LogP contribution in [0.3, 0.4) is 0 Å². The minimum Gasteiger partial charge on any atom is -0.490 e. The molecule has 3 aromatic carbocycles. The van der Waals surface area contributed by atoms with Crippen molar-refractivity contribution >= 4 is 17.5 Å². The highest BCUT2D eigenvalue weighted by atomic mass is 19.1. The third-order valence-corrected chi connectivity index (χ3v) is 5.83. The van der Waals surface area contributed by atoms with Gasteiger partial charge in [0.1, 0.15) is 17.6 Å². The van der Waals surface area contributed by atoms with Crippen LogP contribution >= 0.6 is 0 Å². The van der Waals surface area contributed by atoms with Crippen molar-refractivity contribution in [2.45, 2.75) is 32.4 Å². The summed E-state index contributed by atoms with van der Waals surface area (Å²) in [6, 6.07) is 18.2. The Labute approximate surface area is 220 Å². The van der Waals surface area contributed by atoms with Gasteiger partial charge in [-0.3, -0.25) is 19.7 Å². The number of nitro benzene ring substituents is 1. The summed E-state index contributed by atoms with van der Waals surface area (Å²) in [5, 5.41) is 14.0. The first-order chi connectivity index (χ1) is 18.3. The first-order valence-electron chi connectivity index (χ1n) is 12.1. The Morgan fingerprint density at radius 1 is 1.08 bits per heavy atom. The van der Waals surface area contributed by atoms with Crippen molar-refractivity contribution in [1.29, 1.82) is 0 Å². The minimum absolute atomic E-state index is 0.0240. The zero-order valence-corrected chi connectivity index (χ0v) is 21.3. The van der Waals surface area contributed by atoms with Crippen molar-refractivity contribution in [3.63, 3.8) is 0 Å². The molecule has 38 heavy (non-hydrogen) atoms. The molecule has 0 heterocycles. The highest BCUT2D eigenvalue weighted by Gasteiger charge is 2.31. The highest BCUT2D eigenvalue weighted by Crippen LogP contribution is 2.31. The lowest BCUT2D eigenvalue weighted by atomic mass is 10.0. The summed E-state index contributed by atoms with van der Waals surface area (Å²) in [5.41, 5.74) is 0.832. The summed E-state index contributed by atoms with van der Waals surface area (Å²) in [5.74, 6) is -1.28. The van der Waals surface area contributed by atoms with Crippen molar-refractivity contribution < 1.29 is 28.4 Å². The Morgan fingerprint density at radius 2 is 1.79 bits per heavy atom. The van der Waals surface area contributed by atoms with Gasteiger partial charge in [-0.1, -0.05) is 55.5 Å². The second kappa shape index (κ2) is 13.7. The number of benzene rings is 3. The fraction of sp³-hybridized carbons (Fsp3) is 0.286. The molecule has 0 spiro atoms. The Morgan fingerprint density at radius 3 is 2.45 bits per heavy atom. The molecule has 3 aromatic rings. The van der Waals surface area contributed by atoms with Crippen molar-refractivity contribution in [1.82, 2.24) is 10.2 Å². The molecule has 2 amide bonds. The standard InChI is InChI=1S/C28H30FN3O6/c1-3-15-30-28(34)25(16-20-9-5-4-6-10-20)31(18-21-11-7-8-12-23(21)29)27(33)19-38-22-13-14-24(32(35)36)26(17-22)37-2/h4-14,17,25H,3,15-16,18-19H2,1-2H3,(H,30,34). The van der Waals surface area contributed by atoms with Crippen LogP contribution in [0, 0.1) is 15.9 Å². The predicted octanol–water partition coefficient (Wildman–Crippen LogP) is 4.29. The minimum atomic E-state index is -0.939. The predicted molar refractivity (Wildman–Crippen MR) is 139 cm³/mol. The van der Waals surface area contributed by atoms with E-state index in [9.17, 15) is 24.1 Å². The number of nitrogens with one attached hydrogen (secondary N) is 1.